The Morgan fingerprint density at radius 3 is 1.50 bits per heavy atom. The molecule has 0 aliphatic heterocycles. The first-order valence-electron chi connectivity index (χ1n) is 4.84. The van der Waals surface area contributed by atoms with Crippen molar-refractivity contribution in [2.75, 3.05) is 0 Å². The van der Waals surface area contributed by atoms with Crippen LogP contribution in [0.4, 0.5) is 0 Å². The molecule has 2 aromatic rings. The van der Waals surface area contributed by atoms with Gasteiger partial charge in [0, 0.05) is 9.79 Å². The molecule has 0 aromatic carbocycles. The molecule has 0 radical (unpaired) electrons. The predicted molar refractivity (Wildman–Crippen MR) is 66.7 cm³/mol. The highest BCUT2D eigenvalue weighted by atomic mass is 33.1. The van der Waals surface area contributed by atoms with E-state index >= 15 is 0 Å². The van der Waals surface area contributed by atoms with E-state index in [2.05, 4.69) is 0 Å². The van der Waals surface area contributed by atoms with Gasteiger partial charge in [0.25, 0.3) is 0 Å². The van der Waals surface area contributed by atoms with E-state index in [0.29, 0.717) is 0 Å². The van der Waals surface area contributed by atoms with Crippen LogP contribution < -0.4 is 11.0 Å². The van der Waals surface area contributed by atoms with E-state index in [1.54, 1.807) is 12.1 Å². The highest BCUT2D eigenvalue weighted by Gasteiger charge is 2.00. The summed E-state index contributed by atoms with van der Waals surface area (Å²) in [6, 6.07) is 6.42. The Morgan fingerprint density at radius 1 is 0.778 bits per heavy atom. The Balaban J connectivity index is 2.11. The fourth-order valence-corrected chi connectivity index (χ4v) is 3.03. The van der Waals surface area contributed by atoms with Gasteiger partial charge in [-0.1, -0.05) is 21.6 Å². The van der Waals surface area contributed by atoms with E-state index in [4.69, 9.17) is 10.8 Å². The van der Waals surface area contributed by atoms with Crippen molar-refractivity contribution in [1.29, 1.82) is 10.8 Å². The van der Waals surface area contributed by atoms with E-state index in [1.165, 1.54) is 46.1 Å². The molecule has 2 heterocycles. The third-order valence-electron chi connectivity index (χ3n) is 2.04. The highest BCUT2D eigenvalue weighted by molar-refractivity contribution is 8.76. The number of nitrogens with zero attached hydrogens (tertiary/aromatic N) is 2. The van der Waals surface area contributed by atoms with E-state index in [9.17, 15) is 10.4 Å². The minimum absolute atomic E-state index is 0.0103. The van der Waals surface area contributed by atoms with Crippen molar-refractivity contribution in [2.24, 2.45) is 0 Å². The van der Waals surface area contributed by atoms with Crippen LogP contribution in [-0.2, 0) is 0 Å². The van der Waals surface area contributed by atoms with Crippen molar-refractivity contribution in [1.82, 2.24) is 9.46 Å². The zero-order valence-electron chi connectivity index (χ0n) is 9.07. The molecule has 2 rings (SSSR count). The summed E-state index contributed by atoms with van der Waals surface area (Å²) in [4.78, 5) is 1.55. The molecule has 0 bridgehead atoms. The van der Waals surface area contributed by atoms with Crippen LogP contribution in [0, 0.1) is 10.8 Å². The van der Waals surface area contributed by atoms with E-state index in [0.717, 1.165) is 19.3 Å². The first-order valence-corrected chi connectivity index (χ1v) is 6.99. The fourth-order valence-electron chi connectivity index (χ4n) is 1.14. The fraction of sp³-hybridized carbons (Fsp3) is 0. The first kappa shape index (κ1) is 12.7. The van der Waals surface area contributed by atoms with Crippen LogP contribution in [0.3, 0.4) is 0 Å². The Kier molecular flexibility index (Phi) is 3.68. The molecule has 0 unspecified atom stereocenters. The molecule has 2 aromatic heterocycles. The summed E-state index contributed by atoms with van der Waals surface area (Å²) in [6.07, 6.45) is 2.87. The van der Waals surface area contributed by atoms with Crippen molar-refractivity contribution in [3.63, 3.8) is 0 Å². The third kappa shape index (κ3) is 2.90. The number of rotatable bonds is 3. The number of pyridine rings is 2. The van der Waals surface area contributed by atoms with Crippen LogP contribution in [0.25, 0.3) is 0 Å². The van der Waals surface area contributed by atoms with Crippen LogP contribution >= 0.6 is 21.6 Å². The second kappa shape index (κ2) is 5.23. The van der Waals surface area contributed by atoms with E-state index < -0.39 is 0 Å². The monoisotopic (exact) mass is 282 g/mol. The smallest absolute Gasteiger partial charge is 0.160 e. The lowest BCUT2D eigenvalue weighted by atomic mass is 10.5. The molecule has 6 nitrogen and oxygen atoms in total. The van der Waals surface area contributed by atoms with Gasteiger partial charge in [-0.05, 0) is 24.3 Å². The van der Waals surface area contributed by atoms with Gasteiger partial charge in [0.1, 0.15) is 0 Å². The SMILES string of the molecule is N=c1ccc(SSc2ccc(=N)n(O)c2)cn1O. The van der Waals surface area contributed by atoms with Gasteiger partial charge in [-0.15, -0.1) is 0 Å². The van der Waals surface area contributed by atoms with Crippen molar-refractivity contribution in [2.45, 2.75) is 9.79 Å². The van der Waals surface area contributed by atoms with Gasteiger partial charge in [-0.2, -0.15) is 9.46 Å². The van der Waals surface area contributed by atoms with Crippen LogP contribution in [0.2, 0.25) is 0 Å². The van der Waals surface area contributed by atoms with Gasteiger partial charge in [-0.3, -0.25) is 10.8 Å². The molecule has 18 heavy (non-hydrogen) atoms. The van der Waals surface area contributed by atoms with Gasteiger partial charge < -0.3 is 10.4 Å². The maximum absolute atomic E-state index is 9.32. The molecule has 0 amide bonds. The molecule has 0 atom stereocenters. The van der Waals surface area contributed by atoms with Crippen molar-refractivity contribution < 1.29 is 10.4 Å². The molecule has 94 valence electrons. The second-order valence-corrected chi connectivity index (χ2v) is 5.63. The van der Waals surface area contributed by atoms with Crippen molar-refractivity contribution in [3.05, 3.63) is 47.6 Å². The molecule has 0 aliphatic carbocycles. The van der Waals surface area contributed by atoms with Crippen LogP contribution in [0.5, 0.6) is 0 Å². The molecular formula is C10H10N4O2S2. The minimum Gasteiger partial charge on any atom is -0.427 e. The lowest BCUT2D eigenvalue weighted by Crippen LogP contribution is -2.15. The van der Waals surface area contributed by atoms with Gasteiger partial charge in [0.05, 0.1) is 12.4 Å². The number of aromatic nitrogens is 2. The quantitative estimate of drug-likeness (QED) is 0.507. The van der Waals surface area contributed by atoms with E-state index in [-0.39, 0.29) is 11.0 Å². The minimum atomic E-state index is 0.0103. The average Bonchev–Trinajstić information content (AvgIpc) is 2.35. The zero-order valence-corrected chi connectivity index (χ0v) is 10.7. The van der Waals surface area contributed by atoms with E-state index in [1.807, 2.05) is 0 Å². The third-order valence-corrected chi connectivity index (χ3v) is 4.39. The summed E-state index contributed by atoms with van der Waals surface area (Å²) in [6.45, 7) is 0. The van der Waals surface area contributed by atoms with Crippen LogP contribution in [0.1, 0.15) is 0 Å². The maximum Gasteiger partial charge on any atom is 0.160 e. The Hall–Kier alpha value is -1.80. The van der Waals surface area contributed by atoms with Crippen molar-refractivity contribution >= 4 is 21.6 Å². The van der Waals surface area contributed by atoms with Crippen LogP contribution in [0.15, 0.2) is 46.5 Å². The summed E-state index contributed by atoms with van der Waals surface area (Å²) in [5.41, 5.74) is 0.0206. The molecule has 0 spiro atoms. The molecule has 0 fully saturated rings. The molecule has 4 N–H and O–H groups in total. The summed E-state index contributed by atoms with van der Waals surface area (Å²) in [5, 5.41) is 33.2. The largest absolute Gasteiger partial charge is 0.427 e. The summed E-state index contributed by atoms with van der Waals surface area (Å²) >= 11 is 0. The molecule has 0 saturated heterocycles. The van der Waals surface area contributed by atoms with Gasteiger partial charge in [0.15, 0.2) is 11.0 Å². The number of hydrogen-bond acceptors (Lipinski definition) is 6. The topological polar surface area (TPSA) is 98.0 Å². The first-order chi connectivity index (χ1) is 8.56. The Morgan fingerprint density at radius 2 is 1.17 bits per heavy atom. The highest BCUT2D eigenvalue weighted by Crippen LogP contribution is 2.36. The van der Waals surface area contributed by atoms with Crippen molar-refractivity contribution in [3.8, 4) is 0 Å². The van der Waals surface area contributed by atoms with Gasteiger partial charge in [0.2, 0.25) is 0 Å². The standard InChI is InChI=1S/C10H10N4O2S2/c11-9-3-1-7(5-13(9)15)17-18-8-2-4-10(12)14(16)6-8/h1-6,11-12,15-16H. The molecule has 0 aliphatic rings. The lowest BCUT2D eigenvalue weighted by Gasteiger charge is -2.04. The Labute approximate surface area is 110 Å². The number of hydrogen-bond donors (Lipinski definition) is 4. The number of nitrogens with one attached hydrogen (secondary N) is 2. The molecular weight excluding hydrogens is 272 g/mol. The average molecular weight is 282 g/mol. The lowest BCUT2D eigenvalue weighted by molar-refractivity contribution is 0.168. The summed E-state index contributed by atoms with van der Waals surface area (Å²) < 4.78 is 1.48. The maximum atomic E-state index is 9.32. The predicted octanol–water partition coefficient (Wildman–Crippen LogP) is 1.52. The van der Waals surface area contributed by atoms with Crippen LogP contribution in [-0.4, -0.2) is 19.9 Å². The summed E-state index contributed by atoms with van der Waals surface area (Å²) in [5.74, 6) is 0. The van der Waals surface area contributed by atoms with Gasteiger partial charge >= 0.3 is 0 Å². The summed E-state index contributed by atoms with van der Waals surface area (Å²) in [7, 11) is 2.76. The molecule has 0 saturated carbocycles. The zero-order chi connectivity index (χ0) is 13.1. The molecule has 8 heteroatoms. The second-order valence-electron chi connectivity index (χ2n) is 3.36. The van der Waals surface area contributed by atoms with Gasteiger partial charge in [-0.25, -0.2) is 0 Å². The normalized spacial score (nSPS) is 10.4. The Bertz CT molecular complexity index is 621.